The van der Waals surface area contributed by atoms with Crippen LogP contribution in [0.5, 0.6) is 0 Å². The van der Waals surface area contributed by atoms with Gasteiger partial charge in [0.2, 0.25) is 5.89 Å². The highest BCUT2D eigenvalue weighted by atomic mass is 16.6. The number of amides is 1. The molecule has 9 nitrogen and oxygen atoms in total. The number of nitrogens with zero attached hydrogens (tertiary/aromatic N) is 3. The maximum Gasteiger partial charge on any atom is 0.293 e. The number of benzene rings is 1. The lowest BCUT2D eigenvalue weighted by atomic mass is 10.1. The summed E-state index contributed by atoms with van der Waals surface area (Å²) in [7, 11) is 1.53. The first-order valence-electron chi connectivity index (χ1n) is 6.12. The molecule has 0 bridgehead atoms. The number of nitro groups is 1. The van der Waals surface area contributed by atoms with Crippen LogP contribution < -0.4 is 10.6 Å². The summed E-state index contributed by atoms with van der Waals surface area (Å²) in [6.07, 6.45) is 1.66. The molecule has 110 valence electrons. The number of carbonyl (C=O) groups excluding carboxylic acids is 1. The molecule has 0 spiro atoms. The highest BCUT2D eigenvalue weighted by Gasteiger charge is 2.20. The summed E-state index contributed by atoms with van der Waals surface area (Å²) < 4.78 is 4.80. The number of anilines is 1. The van der Waals surface area contributed by atoms with Crippen LogP contribution >= 0.6 is 0 Å². The Labute approximate surface area is 119 Å². The summed E-state index contributed by atoms with van der Waals surface area (Å²) >= 11 is 0. The van der Waals surface area contributed by atoms with Gasteiger partial charge >= 0.3 is 0 Å². The number of para-hydroxylation sites is 1. The van der Waals surface area contributed by atoms with E-state index in [-0.39, 0.29) is 23.5 Å². The van der Waals surface area contributed by atoms with Gasteiger partial charge in [0.15, 0.2) is 6.33 Å². The van der Waals surface area contributed by atoms with Crippen LogP contribution in [-0.2, 0) is 6.42 Å². The summed E-state index contributed by atoms with van der Waals surface area (Å²) in [6.45, 7) is 0.285. The Balaban J connectivity index is 2.08. The fraction of sp³-hybridized carbons (Fsp3) is 0.250. The van der Waals surface area contributed by atoms with Crippen LogP contribution in [0.25, 0.3) is 0 Å². The van der Waals surface area contributed by atoms with Crippen molar-refractivity contribution in [3.63, 3.8) is 0 Å². The van der Waals surface area contributed by atoms with Gasteiger partial charge in [-0.1, -0.05) is 11.2 Å². The van der Waals surface area contributed by atoms with E-state index < -0.39 is 10.8 Å². The van der Waals surface area contributed by atoms with Crippen molar-refractivity contribution in [3.8, 4) is 0 Å². The van der Waals surface area contributed by atoms with Crippen LogP contribution in [0.15, 0.2) is 29.0 Å². The zero-order valence-electron chi connectivity index (χ0n) is 11.2. The number of nitro benzene ring substituents is 1. The SMILES string of the molecule is CNc1c(C(=O)NCCc2ncno2)cccc1[N+](=O)[O-]. The highest BCUT2D eigenvalue weighted by Crippen LogP contribution is 2.27. The van der Waals surface area contributed by atoms with Crippen molar-refractivity contribution in [1.82, 2.24) is 15.5 Å². The molecule has 0 aliphatic rings. The fourth-order valence-electron chi connectivity index (χ4n) is 1.83. The summed E-state index contributed by atoms with van der Waals surface area (Å²) in [4.78, 5) is 26.3. The van der Waals surface area contributed by atoms with Gasteiger partial charge in [-0.3, -0.25) is 14.9 Å². The van der Waals surface area contributed by atoms with Gasteiger partial charge in [-0.15, -0.1) is 0 Å². The topological polar surface area (TPSA) is 123 Å². The molecule has 2 rings (SSSR count). The second-order valence-corrected chi connectivity index (χ2v) is 4.05. The van der Waals surface area contributed by atoms with Crippen LogP contribution in [0, 0.1) is 10.1 Å². The average molecular weight is 291 g/mol. The molecule has 1 aromatic carbocycles. The second kappa shape index (κ2) is 6.46. The summed E-state index contributed by atoms with van der Waals surface area (Å²) in [5.41, 5.74) is 0.233. The van der Waals surface area contributed by atoms with E-state index >= 15 is 0 Å². The quantitative estimate of drug-likeness (QED) is 0.600. The molecule has 2 N–H and O–H groups in total. The molecule has 9 heteroatoms. The Hall–Kier alpha value is -2.97. The molecular formula is C12H13N5O4. The zero-order chi connectivity index (χ0) is 15.2. The summed E-state index contributed by atoms with van der Waals surface area (Å²) in [5.74, 6) is -0.00857. The smallest absolute Gasteiger partial charge is 0.293 e. The normalized spacial score (nSPS) is 10.1. The number of hydrogen-bond donors (Lipinski definition) is 2. The second-order valence-electron chi connectivity index (χ2n) is 4.05. The molecule has 2 aromatic rings. The lowest BCUT2D eigenvalue weighted by molar-refractivity contribution is -0.384. The van der Waals surface area contributed by atoms with Crippen molar-refractivity contribution < 1.29 is 14.2 Å². The van der Waals surface area contributed by atoms with Gasteiger partial charge in [-0.25, -0.2) is 0 Å². The van der Waals surface area contributed by atoms with E-state index in [1.807, 2.05) is 0 Å². The Morgan fingerprint density at radius 2 is 2.29 bits per heavy atom. The van der Waals surface area contributed by atoms with E-state index in [9.17, 15) is 14.9 Å². The van der Waals surface area contributed by atoms with Crippen molar-refractivity contribution >= 4 is 17.3 Å². The van der Waals surface area contributed by atoms with Crippen LogP contribution in [0.1, 0.15) is 16.2 Å². The Bertz CT molecular complexity index is 641. The Morgan fingerprint density at radius 3 is 2.90 bits per heavy atom. The molecule has 0 fully saturated rings. The molecule has 0 unspecified atom stereocenters. The molecule has 0 aliphatic heterocycles. The fourth-order valence-corrected chi connectivity index (χ4v) is 1.83. The van der Waals surface area contributed by atoms with Crippen molar-refractivity contribution in [2.24, 2.45) is 0 Å². The third-order valence-corrected chi connectivity index (χ3v) is 2.77. The van der Waals surface area contributed by atoms with Gasteiger partial charge in [0, 0.05) is 26.1 Å². The molecule has 0 radical (unpaired) electrons. The number of carbonyl (C=O) groups is 1. The molecule has 0 saturated carbocycles. The number of nitrogens with one attached hydrogen (secondary N) is 2. The van der Waals surface area contributed by atoms with Gasteiger partial charge in [0.25, 0.3) is 11.6 Å². The molecular weight excluding hydrogens is 278 g/mol. The largest absolute Gasteiger partial charge is 0.382 e. The predicted octanol–water partition coefficient (Wildman–Crippen LogP) is 0.992. The zero-order valence-corrected chi connectivity index (χ0v) is 11.2. The van der Waals surface area contributed by atoms with Gasteiger partial charge in [0.1, 0.15) is 5.69 Å². The third kappa shape index (κ3) is 3.32. The van der Waals surface area contributed by atoms with E-state index in [4.69, 9.17) is 4.52 Å². The van der Waals surface area contributed by atoms with Crippen LogP contribution in [0.4, 0.5) is 11.4 Å². The minimum atomic E-state index is -0.541. The van der Waals surface area contributed by atoms with Gasteiger partial charge < -0.3 is 15.2 Å². The van der Waals surface area contributed by atoms with Crippen molar-refractivity contribution in [1.29, 1.82) is 0 Å². The van der Waals surface area contributed by atoms with E-state index in [0.29, 0.717) is 12.3 Å². The lowest BCUT2D eigenvalue weighted by Gasteiger charge is -2.09. The van der Waals surface area contributed by atoms with E-state index in [2.05, 4.69) is 20.8 Å². The van der Waals surface area contributed by atoms with Crippen LogP contribution in [0.2, 0.25) is 0 Å². The Morgan fingerprint density at radius 1 is 1.48 bits per heavy atom. The monoisotopic (exact) mass is 291 g/mol. The standard InChI is InChI=1S/C12H13N5O4/c1-13-11-8(3-2-4-9(11)17(19)20)12(18)14-6-5-10-15-7-16-21-10/h2-4,7,13H,5-6H2,1H3,(H,14,18). The first-order chi connectivity index (χ1) is 10.1. The molecule has 21 heavy (non-hydrogen) atoms. The molecule has 0 aliphatic carbocycles. The van der Waals surface area contributed by atoms with Gasteiger partial charge in [-0.2, -0.15) is 4.98 Å². The highest BCUT2D eigenvalue weighted by molar-refractivity contribution is 6.01. The third-order valence-electron chi connectivity index (χ3n) is 2.77. The molecule has 1 amide bonds. The van der Waals surface area contributed by atoms with E-state index in [0.717, 1.165) is 0 Å². The van der Waals surface area contributed by atoms with Crippen molar-refractivity contribution in [2.75, 3.05) is 18.9 Å². The summed E-state index contributed by atoms with van der Waals surface area (Å²) in [6, 6.07) is 4.31. The van der Waals surface area contributed by atoms with E-state index in [1.54, 1.807) is 0 Å². The van der Waals surface area contributed by atoms with Gasteiger partial charge in [-0.05, 0) is 6.07 Å². The minimum Gasteiger partial charge on any atom is -0.382 e. The Kier molecular flexibility index (Phi) is 4.44. The average Bonchev–Trinajstić information content (AvgIpc) is 2.99. The molecule has 1 heterocycles. The maximum absolute atomic E-state index is 12.1. The predicted molar refractivity (Wildman–Crippen MR) is 73.0 cm³/mol. The van der Waals surface area contributed by atoms with Crippen LogP contribution in [-0.4, -0.2) is 34.6 Å². The lowest BCUT2D eigenvalue weighted by Crippen LogP contribution is -2.26. The molecule has 1 aromatic heterocycles. The number of hydrogen-bond acceptors (Lipinski definition) is 7. The first-order valence-corrected chi connectivity index (χ1v) is 6.12. The first kappa shape index (κ1) is 14.4. The number of rotatable bonds is 6. The van der Waals surface area contributed by atoms with E-state index in [1.165, 1.54) is 31.6 Å². The van der Waals surface area contributed by atoms with Gasteiger partial charge in [0.05, 0.1) is 10.5 Å². The van der Waals surface area contributed by atoms with Crippen molar-refractivity contribution in [2.45, 2.75) is 6.42 Å². The minimum absolute atomic E-state index is 0.151. The van der Waals surface area contributed by atoms with Crippen LogP contribution in [0.3, 0.4) is 0 Å². The van der Waals surface area contributed by atoms with Crippen molar-refractivity contribution in [3.05, 3.63) is 46.1 Å². The summed E-state index contributed by atoms with van der Waals surface area (Å²) in [5, 5.41) is 19.7. The maximum atomic E-state index is 12.1. The molecule has 0 saturated heterocycles. The molecule has 0 atom stereocenters. The number of aromatic nitrogens is 2.